The molecule has 0 spiro atoms. The molecular weight excluding hydrogens is 713 g/mol. The lowest BCUT2D eigenvalue weighted by Gasteiger charge is -2.35. The summed E-state index contributed by atoms with van der Waals surface area (Å²) in [6.07, 6.45) is 1.33. The highest BCUT2D eigenvalue weighted by Gasteiger charge is 2.41. The summed E-state index contributed by atoms with van der Waals surface area (Å²) in [6.45, 7) is 8.73. The summed E-state index contributed by atoms with van der Waals surface area (Å²) < 4.78 is 34.3. The molecule has 5 rings (SSSR count). The van der Waals surface area contributed by atoms with Crippen LogP contribution in [0.2, 0.25) is 0 Å². The number of methoxy groups -OCH3 is 1. The van der Waals surface area contributed by atoms with E-state index in [0.29, 0.717) is 31.8 Å². The van der Waals surface area contributed by atoms with Crippen molar-refractivity contribution in [3.05, 3.63) is 95.6 Å². The molecule has 1 fully saturated rings. The van der Waals surface area contributed by atoms with Crippen molar-refractivity contribution in [1.29, 1.82) is 0 Å². The van der Waals surface area contributed by atoms with E-state index in [4.69, 9.17) is 9.72 Å². The minimum absolute atomic E-state index is 0.0397. The number of hydrogen-bond acceptors (Lipinski definition) is 9. The molecule has 0 unspecified atom stereocenters. The smallest absolute Gasteiger partial charge is 0.321 e. The molecular formula is C39H50N6O6S2. The predicted octanol–water partition coefficient (Wildman–Crippen LogP) is 5.30. The van der Waals surface area contributed by atoms with Crippen molar-refractivity contribution in [2.24, 2.45) is 11.8 Å². The van der Waals surface area contributed by atoms with Crippen LogP contribution in [-0.4, -0.2) is 101 Å². The molecule has 14 heteroatoms. The number of aliphatic hydroxyl groups is 1. The van der Waals surface area contributed by atoms with Crippen molar-refractivity contribution in [2.45, 2.75) is 70.2 Å². The molecule has 2 aromatic carbocycles. The zero-order valence-electron chi connectivity index (χ0n) is 31.0. The number of thiazole rings is 1. The Morgan fingerprint density at radius 3 is 2.38 bits per heavy atom. The third-order valence-corrected chi connectivity index (χ3v) is 12.2. The number of rotatable bonds is 18. The number of pyridine rings is 1. The number of hydrogen-bond donors (Lipinski definition) is 2. The SMILES string of the molecule is CC[C@H](C)[C@@H](C(=O)N[C@@H](Cc1ccccc1)[C@@H](O)CN(CC(C)C)S(=O)(=O)c1ccc(OC)cc1)N1CCN(Cc2csc(-c3ccccn3)n2)C1=O. The number of ether oxygens (including phenoxy) is 1. The number of sulfonamides is 1. The third kappa shape index (κ3) is 9.99. The molecule has 4 atom stereocenters. The Balaban J connectivity index is 1.35. The molecule has 53 heavy (non-hydrogen) atoms. The van der Waals surface area contributed by atoms with Crippen LogP contribution >= 0.6 is 11.3 Å². The number of aromatic nitrogens is 2. The summed E-state index contributed by atoms with van der Waals surface area (Å²) >= 11 is 1.47. The summed E-state index contributed by atoms with van der Waals surface area (Å²) in [5.41, 5.74) is 2.38. The van der Waals surface area contributed by atoms with E-state index < -0.39 is 34.1 Å². The first-order valence-electron chi connectivity index (χ1n) is 18.0. The molecule has 0 bridgehead atoms. The minimum Gasteiger partial charge on any atom is -0.497 e. The van der Waals surface area contributed by atoms with Crippen LogP contribution < -0.4 is 10.1 Å². The fourth-order valence-corrected chi connectivity index (χ4v) is 8.86. The molecule has 0 saturated carbocycles. The molecule has 0 aliphatic carbocycles. The summed E-state index contributed by atoms with van der Waals surface area (Å²) in [5, 5.41) is 17.6. The van der Waals surface area contributed by atoms with E-state index in [1.54, 1.807) is 28.1 Å². The highest BCUT2D eigenvalue weighted by molar-refractivity contribution is 7.89. The zero-order chi connectivity index (χ0) is 38.1. The van der Waals surface area contributed by atoms with Gasteiger partial charge in [0.05, 0.1) is 42.1 Å². The standard InChI is InChI=1S/C39H50N6O6S2/c1-6-28(4)36(45-21-20-43(39(45)48)24-30-26-52-38(41-30)33-14-10-11-19-40-33)37(47)42-34(22-29-12-8-7-9-13-29)35(46)25-44(23-27(2)3)53(49,50)32-17-15-31(51-5)16-18-32/h7-19,26-28,34-36,46H,6,20-25H2,1-5H3,(H,42,47)/t28-,34-,35-,36-/m0/s1. The molecule has 1 saturated heterocycles. The molecule has 3 amide bonds. The summed E-state index contributed by atoms with van der Waals surface area (Å²) in [7, 11) is -2.50. The van der Waals surface area contributed by atoms with E-state index in [1.165, 1.54) is 34.9 Å². The van der Waals surface area contributed by atoms with Crippen LogP contribution in [0, 0.1) is 11.8 Å². The largest absolute Gasteiger partial charge is 0.497 e. The van der Waals surface area contributed by atoms with Gasteiger partial charge in [-0.2, -0.15) is 4.31 Å². The number of nitrogens with zero attached hydrogens (tertiary/aromatic N) is 5. The van der Waals surface area contributed by atoms with Crippen molar-refractivity contribution in [1.82, 2.24) is 29.4 Å². The van der Waals surface area contributed by atoms with Crippen molar-refractivity contribution in [2.75, 3.05) is 33.3 Å². The fourth-order valence-electron chi connectivity index (χ4n) is 6.45. The Hall–Kier alpha value is -4.37. The minimum atomic E-state index is -4.01. The van der Waals surface area contributed by atoms with Crippen molar-refractivity contribution < 1.29 is 27.9 Å². The average Bonchev–Trinajstić information content (AvgIpc) is 3.78. The van der Waals surface area contributed by atoms with Gasteiger partial charge in [0.2, 0.25) is 15.9 Å². The van der Waals surface area contributed by atoms with E-state index in [9.17, 15) is 23.1 Å². The lowest BCUT2D eigenvalue weighted by atomic mass is 9.95. The second kappa shape index (κ2) is 18.1. The topological polar surface area (TPSA) is 145 Å². The van der Waals surface area contributed by atoms with Gasteiger partial charge < -0.3 is 25.0 Å². The number of carbonyl (C=O) groups is 2. The van der Waals surface area contributed by atoms with Crippen LogP contribution in [0.1, 0.15) is 45.4 Å². The van der Waals surface area contributed by atoms with Gasteiger partial charge in [0.15, 0.2) is 0 Å². The average molecular weight is 763 g/mol. The Kier molecular flexibility index (Phi) is 13.6. The molecule has 4 aromatic rings. The first-order valence-corrected chi connectivity index (χ1v) is 20.3. The number of aliphatic hydroxyl groups excluding tert-OH is 1. The van der Waals surface area contributed by atoms with Crippen LogP contribution in [0.25, 0.3) is 10.7 Å². The van der Waals surface area contributed by atoms with Gasteiger partial charge in [0, 0.05) is 37.8 Å². The van der Waals surface area contributed by atoms with Gasteiger partial charge in [-0.15, -0.1) is 11.3 Å². The summed E-state index contributed by atoms with van der Waals surface area (Å²) in [5.74, 6) is -0.106. The number of carbonyl (C=O) groups excluding carboxylic acids is 2. The lowest BCUT2D eigenvalue weighted by Crippen LogP contribution is -2.57. The maximum absolute atomic E-state index is 14.4. The highest BCUT2D eigenvalue weighted by Crippen LogP contribution is 2.26. The monoisotopic (exact) mass is 762 g/mol. The third-order valence-electron chi connectivity index (χ3n) is 9.45. The Labute approximate surface area is 316 Å². The van der Waals surface area contributed by atoms with Gasteiger partial charge in [0.1, 0.15) is 16.8 Å². The van der Waals surface area contributed by atoms with Crippen molar-refractivity contribution >= 4 is 33.3 Å². The second-order valence-corrected chi connectivity index (χ2v) is 16.6. The molecule has 12 nitrogen and oxygen atoms in total. The van der Waals surface area contributed by atoms with Gasteiger partial charge in [-0.25, -0.2) is 18.2 Å². The first kappa shape index (κ1) is 39.8. The number of nitrogens with one attached hydrogen (secondary N) is 1. The molecule has 2 aromatic heterocycles. The van der Waals surface area contributed by atoms with Crippen LogP contribution in [-0.2, 0) is 27.8 Å². The molecule has 0 radical (unpaired) electrons. The van der Waals surface area contributed by atoms with Crippen LogP contribution in [0.15, 0.2) is 89.3 Å². The zero-order valence-corrected chi connectivity index (χ0v) is 32.6. The number of amides is 3. The number of benzene rings is 2. The molecule has 1 aliphatic rings. The molecule has 3 heterocycles. The van der Waals surface area contributed by atoms with Gasteiger partial charge in [-0.3, -0.25) is 9.78 Å². The molecule has 2 N–H and O–H groups in total. The van der Waals surface area contributed by atoms with Gasteiger partial charge in [-0.1, -0.05) is 70.5 Å². The maximum atomic E-state index is 14.4. The van der Waals surface area contributed by atoms with E-state index in [0.717, 1.165) is 22.0 Å². The van der Waals surface area contributed by atoms with Gasteiger partial charge in [0.25, 0.3) is 0 Å². The first-order chi connectivity index (χ1) is 25.4. The lowest BCUT2D eigenvalue weighted by molar-refractivity contribution is -0.128. The van der Waals surface area contributed by atoms with Gasteiger partial charge in [-0.05, 0) is 60.2 Å². The van der Waals surface area contributed by atoms with Crippen LogP contribution in [0.5, 0.6) is 5.75 Å². The predicted molar refractivity (Wildman–Crippen MR) is 206 cm³/mol. The molecule has 1 aliphatic heterocycles. The van der Waals surface area contributed by atoms with Crippen LogP contribution in [0.3, 0.4) is 0 Å². The fraction of sp³-hybridized carbons (Fsp3) is 0.436. The summed E-state index contributed by atoms with van der Waals surface area (Å²) in [6, 6.07) is 19.3. The summed E-state index contributed by atoms with van der Waals surface area (Å²) in [4.78, 5) is 40.7. The molecule has 284 valence electrons. The number of urea groups is 1. The van der Waals surface area contributed by atoms with E-state index in [2.05, 4.69) is 10.3 Å². The quantitative estimate of drug-likeness (QED) is 0.139. The normalized spacial score (nSPS) is 15.8. The van der Waals surface area contributed by atoms with Crippen molar-refractivity contribution in [3.63, 3.8) is 0 Å². The Morgan fingerprint density at radius 1 is 1.02 bits per heavy atom. The second-order valence-electron chi connectivity index (χ2n) is 13.9. The van der Waals surface area contributed by atoms with Crippen molar-refractivity contribution in [3.8, 4) is 16.5 Å². The van der Waals surface area contributed by atoms with Gasteiger partial charge >= 0.3 is 6.03 Å². The van der Waals surface area contributed by atoms with E-state index >= 15 is 0 Å². The highest BCUT2D eigenvalue weighted by atomic mass is 32.2. The van der Waals surface area contributed by atoms with E-state index in [-0.39, 0.29) is 42.3 Å². The van der Waals surface area contributed by atoms with E-state index in [1.807, 2.05) is 81.6 Å². The van der Waals surface area contributed by atoms with Crippen LogP contribution in [0.4, 0.5) is 4.79 Å². The maximum Gasteiger partial charge on any atom is 0.321 e. The Morgan fingerprint density at radius 2 is 1.74 bits per heavy atom. The Bertz CT molecular complexity index is 1890.